The summed E-state index contributed by atoms with van der Waals surface area (Å²) in [7, 11) is 0. The molecule has 1 aromatic carbocycles. The fraction of sp³-hybridized carbons (Fsp3) is 0.316. The number of carbonyl (C=O) groups excluding carboxylic acids is 2. The standard InChI is InChI=1S/C19H20ClN3O2/c1-13(24)21-12-14-6-4-9-17(22-14)18-10-5-11-23(18)19(25)15-7-2-3-8-16(15)20/h2-4,6-9,18H,5,10-12H2,1H3,(H,21,24)/t18-/m0/s1. The molecule has 0 unspecified atom stereocenters. The zero-order valence-electron chi connectivity index (χ0n) is 14.0. The molecule has 5 nitrogen and oxygen atoms in total. The molecule has 1 aliphatic rings. The van der Waals surface area contributed by atoms with Crippen LogP contribution in [0.3, 0.4) is 0 Å². The van der Waals surface area contributed by atoms with E-state index in [0.717, 1.165) is 24.2 Å². The lowest BCUT2D eigenvalue weighted by Crippen LogP contribution is -2.31. The predicted molar refractivity (Wildman–Crippen MR) is 96.2 cm³/mol. The molecule has 1 N–H and O–H groups in total. The number of aromatic nitrogens is 1. The summed E-state index contributed by atoms with van der Waals surface area (Å²) in [5.74, 6) is -0.161. The van der Waals surface area contributed by atoms with Crippen molar-refractivity contribution in [3.63, 3.8) is 0 Å². The van der Waals surface area contributed by atoms with Crippen molar-refractivity contribution < 1.29 is 9.59 Å². The number of nitrogens with zero attached hydrogens (tertiary/aromatic N) is 2. The van der Waals surface area contributed by atoms with Gasteiger partial charge in [0.25, 0.3) is 5.91 Å². The molecule has 2 heterocycles. The molecule has 0 aliphatic carbocycles. The molecule has 0 radical (unpaired) electrons. The molecule has 0 saturated carbocycles. The average molecular weight is 358 g/mol. The highest BCUT2D eigenvalue weighted by Crippen LogP contribution is 2.33. The van der Waals surface area contributed by atoms with Crippen LogP contribution in [0.2, 0.25) is 5.02 Å². The first kappa shape index (κ1) is 17.4. The lowest BCUT2D eigenvalue weighted by atomic mass is 10.1. The fourth-order valence-electron chi connectivity index (χ4n) is 3.10. The summed E-state index contributed by atoms with van der Waals surface area (Å²) in [4.78, 5) is 30.5. The van der Waals surface area contributed by atoms with E-state index in [0.29, 0.717) is 23.7 Å². The minimum Gasteiger partial charge on any atom is -0.351 e. The summed E-state index contributed by atoms with van der Waals surface area (Å²) in [6.45, 7) is 2.55. The van der Waals surface area contributed by atoms with Gasteiger partial charge in [0.05, 0.1) is 34.6 Å². The number of carbonyl (C=O) groups is 2. The van der Waals surface area contributed by atoms with E-state index >= 15 is 0 Å². The molecule has 1 aromatic heterocycles. The Morgan fingerprint density at radius 2 is 2.04 bits per heavy atom. The van der Waals surface area contributed by atoms with Gasteiger partial charge in [0.2, 0.25) is 5.91 Å². The second-order valence-electron chi connectivity index (χ2n) is 6.10. The minimum absolute atomic E-state index is 0.0674. The number of nitrogens with one attached hydrogen (secondary N) is 1. The van der Waals surface area contributed by atoms with Crippen LogP contribution >= 0.6 is 11.6 Å². The number of hydrogen-bond donors (Lipinski definition) is 1. The van der Waals surface area contributed by atoms with E-state index in [1.165, 1.54) is 6.92 Å². The molecular weight excluding hydrogens is 338 g/mol. The van der Waals surface area contributed by atoms with Crippen LogP contribution in [0.25, 0.3) is 0 Å². The van der Waals surface area contributed by atoms with E-state index in [9.17, 15) is 9.59 Å². The van der Waals surface area contributed by atoms with Crippen molar-refractivity contribution in [2.75, 3.05) is 6.54 Å². The van der Waals surface area contributed by atoms with Crippen molar-refractivity contribution in [3.8, 4) is 0 Å². The molecule has 2 aromatic rings. The second-order valence-corrected chi connectivity index (χ2v) is 6.51. The molecule has 130 valence electrons. The van der Waals surface area contributed by atoms with Crippen LogP contribution in [0.15, 0.2) is 42.5 Å². The largest absolute Gasteiger partial charge is 0.351 e. The molecule has 1 saturated heterocycles. The van der Waals surface area contributed by atoms with Gasteiger partial charge in [-0.3, -0.25) is 14.6 Å². The second kappa shape index (κ2) is 7.66. The van der Waals surface area contributed by atoms with Crippen molar-refractivity contribution in [1.82, 2.24) is 15.2 Å². The lowest BCUT2D eigenvalue weighted by Gasteiger charge is -2.25. The average Bonchev–Trinajstić information content (AvgIpc) is 3.10. The predicted octanol–water partition coefficient (Wildman–Crippen LogP) is 3.35. The van der Waals surface area contributed by atoms with Gasteiger partial charge in [-0.15, -0.1) is 0 Å². The van der Waals surface area contributed by atoms with Gasteiger partial charge in [-0.2, -0.15) is 0 Å². The maximum Gasteiger partial charge on any atom is 0.255 e. The number of pyridine rings is 1. The van der Waals surface area contributed by atoms with Crippen molar-refractivity contribution >= 4 is 23.4 Å². The van der Waals surface area contributed by atoms with E-state index in [1.807, 2.05) is 35.2 Å². The Bertz CT molecular complexity index is 794. The Hall–Kier alpha value is -2.40. The van der Waals surface area contributed by atoms with E-state index in [2.05, 4.69) is 10.3 Å². The summed E-state index contributed by atoms with van der Waals surface area (Å²) < 4.78 is 0. The monoisotopic (exact) mass is 357 g/mol. The zero-order valence-corrected chi connectivity index (χ0v) is 14.8. The fourth-order valence-corrected chi connectivity index (χ4v) is 3.32. The molecule has 25 heavy (non-hydrogen) atoms. The van der Waals surface area contributed by atoms with E-state index < -0.39 is 0 Å². The Labute approximate surface area is 152 Å². The summed E-state index contributed by atoms with van der Waals surface area (Å²) in [6, 6.07) is 12.8. The summed E-state index contributed by atoms with van der Waals surface area (Å²) in [5.41, 5.74) is 2.15. The SMILES string of the molecule is CC(=O)NCc1cccc([C@@H]2CCCN2C(=O)c2ccccc2Cl)n1. The third kappa shape index (κ3) is 3.99. The molecule has 0 bridgehead atoms. The van der Waals surface area contributed by atoms with E-state index in [4.69, 9.17) is 11.6 Å². The number of hydrogen-bond acceptors (Lipinski definition) is 3. The quantitative estimate of drug-likeness (QED) is 0.912. The summed E-state index contributed by atoms with van der Waals surface area (Å²) >= 11 is 6.18. The number of amides is 2. The first-order chi connectivity index (χ1) is 12.1. The molecule has 0 spiro atoms. The molecular formula is C19H20ClN3O2. The first-order valence-electron chi connectivity index (χ1n) is 8.32. The summed E-state index contributed by atoms with van der Waals surface area (Å²) in [6.07, 6.45) is 1.80. The Morgan fingerprint density at radius 1 is 1.24 bits per heavy atom. The van der Waals surface area contributed by atoms with Gasteiger partial charge < -0.3 is 10.2 Å². The number of rotatable bonds is 4. The number of likely N-dealkylation sites (tertiary alicyclic amines) is 1. The third-order valence-corrected chi connectivity index (χ3v) is 4.64. The molecule has 6 heteroatoms. The lowest BCUT2D eigenvalue weighted by molar-refractivity contribution is -0.119. The topological polar surface area (TPSA) is 62.3 Å². The van der Waals surface area contributed by atoms with Gasteiger partial charge >= 0.3 is 0 Å². The van der Waals surface area contributed by atoms with Gasteiger partial charge in [-0.1, -0.05) is 29.8 Å². The smallest absolute Gasteiger partial charge is 0.255 e. The van der Waals surface area contributed by atoms with Gasteiger partial charge in [-0.05, 0) is 37.1 Å². The molecule has 2 amide bonds. The normalized spacial score (nSPS) is 16.7. The molecule has 1 atom stereocenters. The maximum absolute atomic E-state index is 12.9. The number of halogens is 1. The van der Waals surface area contributed by atoms with Gasteiger partial charge in [0.15, 0.2) is 0 Å². The zero-order chi connectivity index (χ0) is 17.8. The summed E-state index contributed by atoms with van der Waals surface area (Å²) in [5, 5.41) is 3.21. The van der Waals surface area contributed by atoms with Crippen molar-refractivity contribution in [1.29, 1.82) is 0 Å². The van der Waals surface area contributed by atoms with Crippen LogP contribution in [0.4, 0.5) is 0 Å². The van der Waals surface area contributed by atoms with Crippen LogP contribution in [-0.4, -0.2) is 28.2 Å². The third-order valence-electron chi connectivity index (χ3n) is 4.31. The van der Waals surface area contributed by atoms with Crippen LogP contribution < -0.4 is 5.32 Å². The molecule has 1 aliphatic heterocycles. The van der Waals surface area contributed by atoms with Gasteiger partial charge in [0.1, 0.15) is 0 Å². The van der Waals surface area contributed by atoms with Crippen molar-refractivity contribution in [2.45, 2.75) is 32.4 Å². The van der Waals surface area contributed by atoms with Crippen molar-refractivity contribution in [2.24, 2.45) is 0 Å². The van der Waals surface area contributed by atoms with Gasteiger partial charge in [0, 0.05) is 13.5 Å². The first-order valence-corrected chi connectivity index (χ1v) is 8.70. The van der Waals surface area contributed by atoms with Crippen LogP contribution in [-0.2, 0) is 11.3 Å². The van der Waals surface area contributed by atoms with Crippen LogP contribution in [0.1, 0.15) is 47.6 Å². The van der Waals surface area contributed by atoms with Crippen LogP contribution in [0, 0.1) is 0 Å². The van der Waals surface area contributed by atoms with Gasteiger partial charge in [-0.25, -0.2) is 0 Å². The minimum atomic E-state index is -0.0939. The maximum atomic E-state index is 12.9. The Morgan fingerprint density at radius 3 is 2.80 bits per heavy atom. The highest BCUT2D eigenvalue weighted by Gasteiger charge is 2.32. The Kier molecular flexibility index (Phi) is 5.34. The van der Waals surface area contributed by atoms with E-state index in [-0.39, 0.29) is 17.9 Å². The highest BCUT2D eigenvalue weighted by molar-refractivity contribution is 6.33. The van der Waals surface area contributed by atoms with Crippen LogP contribution in [0.5, 0.6) is 0 Å². The Balaban J connectivity index is 1.82. The molecule has 3 rings (SSSR count). The molecule has 1 fully saturated rings. The number of benzene rings is 1. The highest BCUT2D eigenvalue weighted by atomic mass is 35.5. The van der Waals surface area contributed by atoms with Crippen molar-refractivity contribution in [3.05, 3.63) is 64.4 Å². The van der Waals surface area contributed by atoms with E-state index in [1.54, 1.807) is 12.1 Å².